The maximum absolute atomic E-state index is 13.4. The first-order chi connectivity index (χ1) is 9.38. The van der Waals surface area contributed by atoms with Crippen molar-refractivity contribution in [1.29, 1.82) is 0 Å². The van der Waals surface area contributed by atoms with Gasteiger partial charge >= 0.3 is 58.4 Å². The van der Waals surface area contributed by atoms with Gasteiger partial charge in [0.05, 0.1) is 5.82 Å². The predicted octanol–water partition coefficient (Wildman–Crippen LogP) is 0.772. The van der Waals surface area contributed by atoms with Gasteiger partial charge in [0.15, 0.2) is 0 Å². The second-order valence-electron chi connectivity index (χ2n) is 4.47. The fourth-order valence-electron chi connectivity index (χ4n) is 1.80. The van der Waals surface area contributed by atoms with Crippen LogP contribution in [0.4, 0.5) is 17.3 Å². The number of aryl methyl sites for hydroxylation is 1. The van der Waals surface area contributed by atoms with E-state index in [-0.39, 0.29) is 63.7 Å². The normalized spacial score (nSPS) is 10.9. The van der Waals surface area contributed by atoms with Crippen molar-refractivity contribution in [2.24, 2.45) is 0 Å². The molecular weight excluding hydrogens is 310 g/mol. The fourth-order valence-corrected chi connectivity index (χ4v) is 1.80. The van der Waals surface area contributed by atoms with Gasteiger partial charge in [-0.25, -0.2) is 4.39 Å². The smallest absolute Gasteiger partial charge is 0.489 e. The van der Waals surface area contributed by atoms with Crippen LogP contribution in [0.1, 0.15) is 11.1 Å². The minimum Gasteiger partial charge on any atom is -0.489 e. The topological polar surface area (TPSA) is 9.23 Å². The molecule has 2 aromatic rings. The molecule has 1 nitrogen and oxygen atoms in total. The van der Waals surface area contributed by atoms with E-state index in [4.69, 9.17) is 4.74 Å². The van der Waals surface area contributed by atoms with Gasteiger partial charge in [-0.05, 0) is 24.1 Å². The summed E-state index contributed by atoms with van der Waals surface area (Å²) in [5, 5.41) is 0. The van der Waals surface area contributed by atoms with Crippen molar-refractivity contribution in [3.8, 4) is 5.75 Å². The van der Waals surface area contributed by atoms with E-state index in [0.29, 0.717) is 6.07 Å². The largest absolute Gasteiger partial charge is 1.00 e. The Morgan fingerprint density at radius 3 is 2.29 bits per heavy atom. The van der Waals surface area contributed by atoms with E-state index in [9.17, 15) is 17.3 Å². The Labute approximate surface area is 163 Å². The van der Waals surface area contributed by atoms with Crippen LogP contribution < -0.4 is 61.6 Å². The molecule has 0 N–H and O–H groups in total. The van der Waals surface area contributed by atoms with E-state index in [0.717, 1.165) is 23.3 Å². The summed E-state index contributed by atoms with van der Waals surface area (Å²) < 4.78 is 56.1. The van der Waals surface area contributed by atoms with Gasteiger partial charge in [0.25, 0.3) is 0 Å². The summed E-state index contributed by atoms with van der Waals surface area (Å²) in [5.41, 5.74) is 0.675. The van der Waals surface area contributed by atoms with Gasteiger partial charge in [-0.15, -0.1) is 0 Å². The van der Waals surface area contributed by atoms with Crippen LogP contribution in [0.2, 0.25) is 0 Å². The zero-order valence-electron chi connectivity index (χ0n) is 11.7. The van der Waals surface area contributed by atoms with E-state index >= 15 is 0 Å². The van der Waals surface area contributed by atoms with Crippen LogP contribution in [0.3, 0.4) is 0 Å². The molecule has 0 unspecified atom stereocenters. The number of halogens is 4. The molecule has 0 aromatic heterocycles. The number of ether oxygens (including phenoxy) is 1. The molecule has 21 heavy (non-hydrogen) atoms. The zero-order chi connectivity index (χ0) is 14.8. The molecule has 0 atom stereocenters. The van der Waals surface area contributed by atoms with Crippen molar-refractivity contribution in [1.82, 2.24) is 0 Å². The SMILES string of the molecule is Cc1ccccc1COc1ccc([B-](F)(F)F)c(F)c1.[K+]. The van der Waals surface area contributed by atoms with Crippen LogP contribution in [0.25, 0.3) is 0 Å². The van der Waals surface area contributed by atoms with Gasteiger partial charge in [0.2, 0.25) is 0 Å². The zero-order valence-corrected chi connectivity index (χ0v) is 14.9. The molecule has 7 heteroatoms. The maximum atomic E-state index is 13.4. The van der Waals surface area contributed by atoms with Crippen molar-refractivity contribution in [2.75, 3.05) is 0 Å². The van der Waals surface area contributed by atoms with Gasteiger partial charge in [-0.2, -0.15) is 0 Å². The Kier molecular flexibility index (Phi) is 6.93. The van der Waals surface area contributed by atoms with E-state index < -0.39 is 18.3 Å². The molecule has 0 fully saturated rings. The molecule has 2 aromatic carbocycles. The Morgan fingerprint density at radius 1 is 1.05 bits per heavy atom. The molecule has 0 bridgehead atoms. The molecule has 0 saturated carbocycles. The van der Waals surface area contributed by atoms with Gasteiger partial charge in [0.1, 0.15) is 12.4 Å². The third kappa shape index (κ3) is 5.10. The first-order valence-corrected chi connectivity index (χ1v) is 6.04. The number of rotatable bonds is 4. The van der Waals surface area contributed by atoms with Crippen molar-refractivity contribution in [3.05, 3.63) is 59.4 Å². The number of benzene rings is 2. The first kappa shape index (κ1) is 18.7. The minimum atomic E-state index is -5.34. The quantitative estimate of drug-likeness (QED) is 0.597. The molecule has 0 radical (unpaired) electrons. The monoisotopic (exact) mass is 322 g/mol. The summed E-state index contributed by atoms with van der Waals surface area (Å²) in [6.45, 7) is -3.26. The van der Waals surface area contributed by atoms with Crippen LogP contribution in [-0.4, -0.2) is 6.98 Å². The molecule has 0 spiro atoms. The second-order valence-corrected chi connectivity index (χ2v) is 4.47. The second kappa shape index (κ2) is 7.78. The Morgan fingerprint density at radius 2 is 1.71 bits per heavy atom. The van der Waals surface area contributed by atoms with Crippen LogP contribution in [-0.2, 0) is 6.61 Å². The molecule has 0 heterocycles. The van der Waals surface area contributed by atoms with Crippen LogP contribution in [0, 0.1) is 12.7 Å². The van der Waals surface area contributed by atoms with Crippen LogP contribution in [0.5, 0.6) is 5.75 Å². The van der Waals surface area contributed by atoms with E-state index in [1.165, 1.54) is 0 Å². The minimum absolute atomic E-state index is 0. The summed E-state index contributed by atoms with van der Waals surface area (Å²) in [6.07, 6.45) is 0. The van der Waals surface area contributed by atoms with Crippen LogP contribution in [0.15, 0.2) is 42.5 Å². The van der Waals surface area contributed by atoms with Crippen LogP contribution >= 0.6 is 0 Å². The van der Waals surface area contributed by atoms with Gasteiger partial charge < -0.3 is 17.7 Å². The molecule has 0 aliphatic rings. The fraction of sp³-hybridized carbons (Fsp3) is 0.143. The molecule has 106 valence electrons. The molecule has 0 aliphatic carbocycles. The molecule has 0 amide bonds. The van der Waals surface area contributed by atoms with Gasteiger partial charge in [-0.3, -0.25) is 0 Å². The Bertz CT molecular complexity index is 616. The van der Waals surface area contributed by atoms with Crippen molar-refractivity contribution in [3.63, 3.8) is 0 Å². The summed E-state index contributed by atoms with van der Waals surface area (Å²) in [7, 11) is 0. The molecule has 0 aliphatic heterocycles. The average molecular weight is 322 g/mol. The van der Waals surface area contributed by atoms with E-state index in [2.05, 4.69) is 0 Å². The van der Waals surface area contributed by atoms with Gasteiger partial charge in [0, 0.05) is 6.07 Å². The maximum Gasteiger partial charge on any atom is 1.00 e. The summed E-state index contributed by atoms with van der Waals surface area (Å²) >= 11 is 0. The van der Waals surface area contributed by atoms with E-state index in [1.807, 2.05) is 31.2 Å². The van der Waals surface area contributed by atoms with Crippen molar-refractivity contribution in [2.45, 2.75) is 13.5 Å². The summed E-state index contributed by atoms with van der Waals surface area (Å²) in [5.74, 6) is -1.23. The van der Waals surface area contributed by atoms with Crippen molar-refractivity contribution >= 4 is 12.4 Å². The molecule has 2 rings (SSSR count). The Balaban J connectivity index is 0.00000220. The average Bonchev–Trinajstić information content (AvgIpc) is 2.36. The molecule has 0 saturated heterocycles. The van der Waals surface area contributed by atoms with E-state index in [1.54, 1.807) is 0 Å². The number of hydrogen-bond donors (Lipinski definition) is 0. The predicted molar refractivity (Wildman–Crippen MR) is 70.6 cm³/mol. The third-order valence-corrected chi connectivity index (χ3v) is 2.98. The third-order valence-electron chi connectivity index (χ3n) is 2.98. The molecular formula is C14H12BF4KO. The van der Waals surface area contributed by atoms with Gasteiger partial charge in [-0.1, -0.05) is 35.8 Å². The Hall–Kier alpha value is -0.339. The standard InChI is InChI=1S/C14H12BF4O.K/c1-10-4-2-3-5-11(10)9-20-12-6-7-13(14(16)8-12)15(17,18)19;/h2-8H,9H2,1H3;/q-1;+1. The summed E-state index contributed by atoms with van der Waals surface area (Å²) in [4.78, 5) is 0. The number of hydrogen-bond acceptors (Lipinski definition) is 1. The first-order valence-electron chi connectivity index (χ1n) is 6.04. The van der Waals surface area contributed by atoms with Crippen molar-refractivity contribution < 1.29 is 73.5 Å². The summed E-state index contributed by atoms with van der Waals surface area (Å²) in [6, 6.07) is 10.1.